The summed E-state index contributed by atoms with van der Waals surface area (Å²) < 4.78 is 2.13. The van der Waals surface area contributed by atoms with Gasteiger partial charge in [0.2, 0.25) is 0 Å². The molecule has 0 bridgehead atoms. The first-order chi connectivity index (χ1) is 8.24. The van der Waals surface area contributed by atoms with Crippen LogP contribution in [0.15, 0.2) is 6.07 Å². The lowest BCUT2D eigenvalue weighted by Gasteiger charge is -2.38. The third-order valence-electron chi connectivity index (χ3n) is 3.44. The summed E-state index contributed by atoms with van der Waals surface area (Å²) in [5, 5.41) is 7.88. The molecule has 0 unspecified atom stereocenters. The van der Waals surface area contributed by atoms with Crippen molar-refractivity contribution >= 4 is 0 Å². The van der Waals surface area contributed by atoms with Gasteiger partial charge in [-0.2, -0.15) is 5.10 Å². The molecule has 0 atom stereocenters. The zero-order chi connectivity index (χ0) is 12.3. The van der Waals surface area contributed by atoms with Crippen molar-refractivity contribution in [1.29, 1.82) is 0 Å². The second kappa shape index (κ2) is 5.65. The Hall–Kier alpha value is -0.870. The fourth-order valence-electron chi connectivity index (χ4n) is 2.42. The van der Waals surface area contributed by atoms with E-state index >= 15 is 0 Å². The number of hydrogen-bond donors (Lipinski definition) is 1. The van der Waals surface area contributed by atoms with Gasteiger partial charge in [-0.1, -0.05) is 6.92 Å². The summed E-state index contributed by atoms with van der Waals surface area (Å²) in [6, 6.07) is 2.94. The Morgan fingerprint density at radius 3 is 2.76 bits per heavy atom. The highest BCUT2D eigenvalue weighted by Gasteiger charge is 2.24. The van der Waals surface area contributed by atoms with Crippen LogP contribution in [0, 0.1) is 6.92 Å². The molecule has 2 rings (SSSR count). The molecule has 0 amide bonds. The Morgan fingerprint density at radius 2 is 2.24 bits per heavy atom. The van der Waals surface area contributed by atoms with Gasteiger partial charge in [-0.15, -0.1) is 0 Å². The van der Waals surface area contributed by atoms with Crippen LogP contribution in [-0.2, 0) is 13.1 Å². The quantitative estimate of drug-likeness (QED) is 0.810. The molecular weight excluding hydrogens is 212 g/mol. The normalized spacial score (nSPS) is 16.5. The summed E-state index contributed by atoms with van der Waals surface area (Å²) in [7, 11) is 0. The Balaban J connectivity index is 2.04. The van der Waals surface area contributed by atoms with Gasteiger partial charge in [-0.05, 0) is 32.9 Å². The van der Waals surface area contributed by atoms with Crippen molar-refractivity contribution < 1.29 is 0 Å². The third-order valence-corrected chi connectivity index (χ3v) is 3.44. The van der Waals surface area contributed by atoms with Crippen LogP contribution in [0.2, 0.25) is 0 Å². The molecule has 1 aliphatic heterocycles. The molecule has 1 saturated heterocycles. The van der Waals surface area contributed by atoms with Gasteiger partial charge in [0.1, 0.15) is 0 Å². The standard InChI is InChI=1S/C13H24N4/c1-4-6-16(13-8-14-9-13)10-12-7-11(3)15-17(12)5-2/h7,13-14H,4-6,8-10H2,1-3H3. The summed E-state index contributed by atoms with van der Waals surface area (Å²) >= 11 is 0. The van der Waals surface area contributed by atoms with Crippen molar-refractivity contribution in [2.24, 2.45) is 0 Å². The fourth-order valence-corrected chi connectivity index (χ4v) is 2.42. The van der Waals surface area contributed by atoms with E-state index in [1.165, 1.54) is 18.7 Å². The van der Waals surface area contributed by atoms with Gasteiger partial charge >= 0.3 is 0 Å². The van der Waals surface area contributed by atoms with Crippen molar-refractivity contribution in [2.75, 3.05) is 19.6 Å². The molecule has 1 fully saturated rings. The maximum Gasteiger partial charge on any atom is 0.0597 e. The molecule has 0 radical (unpaired) electrons. The summed E-state index contributed by atoms with van der Waals surface area (Å²) in [6.45, 7) is 11.9. The molecule has 4 heteroatoms. The average Bonchev–Trinajstić information content (AvgIpc) is 2.56. The Labute approximate surface area is 104 Å². The lowest BCUT2D eigenvalue weighted by molar-refractivity contribution is 0.134. The summed E-state index contributed by atoms with van der Waals surface area (Å²) in [5.41, 5.74) is 2.48. The van der Waals surface area contributed by atoms with Crippen LogP contribution in [0.5, 0.6) is 0 Å². The van der Waals surface area contributed by atoms with E-state index in [2.05, 4.69) is 46.8 Å². The van der Waals surface area contributed by atoms with Gasteiger partial charge in [-0.3, -0.25) is 9.58 Å². The van der Waals surface area contributed by atoms with E-state index in [1.807, 2.05) is 0 Å². The predicted octanol–water partition coefficient (Wildman–Crippen LogP) is 1.40. The van der Waals surface area contributed by atoms with E-state index < -0.39 is 0 Å². The second-order valence-electron chi connectivity index (χ2n) is 4.88. The molecule has 96 valence electrons. The van der Waals surface area contributed by atoms with E-state index in [0.29, 0.717) is 0 Å². The molecule has 1 N–H and O–H groups in total. The van der Waals surface area contributed by atoms with E-state index in [1.54, 1.807) is 0 Å². The van der Waals surface area contributed by atoms with Crippen LogP contribution >= 0.6 is 0 Å². The molecule has 1 aliphatic rings. The van der Waals surface area contributed by atoms with E-state index in [0.717, 1.165) is 37.9 Å². The van der Waals surface area contributed by atoms with Gasteiger partial charge in [0.25, 0.3) is 0 Å². The predicted molar refractivity (Wildman–Crippen MR) is 70.0 cm³/mol. The number of aromatic nitrogens is 2. The number of nitrogens with one attached hydrogen (secondary N) is 1. The van der Waals surface area contributed by atoms with E-state index in [4.69, 9.17) is 0 Å². The monoisotopic (exact) mass is 236 g/mol. The third kappa shape index (κ3) is 2.87. The number of hydrogen-bond acceptors (Lipinski definition) is 3. The summed E-state index contributed by atoms with van der Waals surface area (Å²) in [4.78, 5) is 2.58. The lowest BCUT2D eigenvalue weighted by Crippen LogP contribution is -2.57. The van der Waals surface area contributed by atoms with Crippen LogP contribution in [0.25, 0.3) is 0 Å². The Bertz CT molecular complexity index is 354. The Morgan fingerprint density at radius 1 is 1.47 bits per heavy atom. The van der Waals surface area contributed by atoms with Crippen LogP contribution in [-0.4, -0.2) is 40.4 Å². The molecule has 4 nitrogen and oxygen atoms in total. The van der Waals surface area contributed by atoms with Crippen molar-refractivity contribution in [3.05, 3.63) is 17.5 Å². The van der Waals surface area contributed by atoms with Crippen molar-refractivity contribution in [3.8, 4) is 0 Å². The zero-order valence-electron chi connectivity index (χ0n) is 11.2. The minimum Gasteiger partial charge on any atom is -0.314 e. The van der Waals surface area contributed by atoms with Crippen molar-refractivity contribution in [1.82, 2.24) is 20.0 Å². The molecule has 2 heterocycles. The zero-order valence-corrected chi connectivity index (χ0v) is 11.2. The molecule has 0 spiro atoms. The molecular formula is C13H24N4. The topological polar surface area (TPSA) is 33.1 Å². The number of aryl methyl sites for hydroxylation is 2. The largest absolute Gasteiger partial charge is 0.314 e. The summed E-state index contributed by atoms with van der Waals surface area (Å²) in [5.74, 6) is 0. The van der Waals surface area contributed by atoms with Crippen LogP contribution < -0.4 is 5.32 Å². The minimum absolute atomic E-state index is 0.718. The molecule has 1 aromatic heterocycles. The van der Waals surface area contributed by atoms with E-state index in [-0.39, 0.29) is 0 Å². The van der Waals surface area contributed by atoms with E-state index in [9.17, 15) is 0 Å². The smallest absolute Gasteiger partial charge is 0.0597 e. The molecule has 0 aliphatic carbocycles. The minimum atomic E-state index is 0.718. The lowest BCUT2D eigenvalue weighted by atomic mass is 10.1. The summed E-state index contributed by atoms with van der Waals surface area (Å²) in [6.07, 6.45) is 1.22. The fraction of sp³-hybridized carbons (Fsp3) is 0.769. The molecule has 17 heavy (non-hydrogen) atoms. The van der Waals surface area contributed by atoms with Gasteiger partial charge in [0.15, 0.2) is 0 Å². The average molecular weight is 236 g/mol. The van der Waals surface area contributed by atoms with Crippen LogP contribution in [0.1, 0.15) is 31.7 Å². The maximum atomic E-state index is 4.52. The van der Waals surface area contributed by atoms with Gasteiger partial charge in [0, 0.05) is 32.2 Å². The first-order valence-corrected chi connectivity index (χ1v) is 6.72. The number of nitrogens with zero attached hydrogens (tertiary/aromatic N) is 3. The number of rotatable bonds is 6. The molecule has 1 aromatic rings. The van der Waals surface area contributed by atoms with Crippen molar-refractivity contribution in [3.63, 3.8) is 0 Å². The molecule has 0 aromatic carbocycles. The highest BCUT2D eigenvalue weighted by atomic mass is 15.3. The molecule has 0 saturated carbocycles. The van der Waals surface area contributed by atoms with Crippen LogP contribution in [0.4, 0.5) is 0 Å². The highest BCUT2D eigenvalue weighted by molar-refractivity contribution is 5.09. The first-order valence-electron chi connectivity index (χ1n) is 6.72. The van der Waals surface area contributed by atoms with Gasteiger partial charge in [0.05, 0.1) is 11.4 Å². The van der Waals surface area contributed by atoms with Gasteiger partial charge < -0.3 is 5.32 Å². The maximum absolute atomic E-state index is 4.52. The second-order valence-corrected chi connectivity index (χ2v) is 4.88. The van der Waals surface area contributed by atoms with Gasteiger partial charge in [-0.25, -0.2) is 0 Å². The highest BCUT2D eigenvalue weighted by Crippen LogP contribution is 2.13. The SMILES string of the molecule is CCCN(Cc1cc(C)nn1CC)C1CNC1. The Kier molecular flexibility index (Phi) is 4.18. The first kappa shape index (κ1) is 12.6. The van der Waals surface area contributed by atoms with Crippen LogP contribution in [0.3, 0.4) is 0 Å². The van der Waals surface area contributed by atoms with Crippen molar-refractivity contribution in [2.45, 2.75) is 46.3 Å².